The van der Waals surface area contributed by atoms with Crippen molar-refractivity contribution in [2.75, 3.05) is 10.5 Å². The molecule has 0 radical (unpaired) electrons. The molecule has 0 bridgehead atoms. The van der Waals surface area contributed by atoms with Crippen LogP contribution >= 0.6 is 0 Å². The number of anilines is 1. The molecule has 4 aromatic carbocycles. The number of rotatable bonds is 12. The minimum absolute atomic E-state index is 0.105. The molecular formula is C44H48N2O3S. The van der Waals surface area contributed by atoms with Gasteiger partial charge in [-0.1, -0.05) is 99.8 Å². The number of unbranched alkanes of at least 4 members (excludes halogenated alkanes) is 1. The third-order valence-corrected chi connectivity index (χ3v) is 11.4. The molecule has 1 atom stereocenters. The Hall–Kier alpha value is -4.68. The van der Waals surface area contributed by atoms with Gasteiger partial charge in [-0.05, 0) is 104 Å². The van der Waals surface area contributed by atoms with E-state index in [1.165, 1.54) is 16.7 Å². The standard InChI is InChI=1S/C44H48N2O3S/c1-7-9-18-33(8-2)28-50(47,48)46-40-20-11-10-19-36(40)43-37-23-21-34(25-39-29(3)14-12-15-30(39)4)26-41(37)49-42-27-35(22-24-38(42)43)45-44-31(5)16-13-17-32(44)6/h10-17,19-24,26-27,33,46H,7-9,18,25,28H2,1-6H3. The van der Waals surface area contributed by atoms with E-state index in [-0.39, 0.29) is 11.7 Å². The van der Waals surface area contributed by atoms with Gasteiger partial charge < -0.3 is 4.42 Å². The van der Waals surface area contributed by atoms with Crippen LogP contribution in [-0.2, 0) is 16.4 Å². The van der Waals surface area contributed by atoms with Gasteiger partial charge in [0.25, 0.3) is 0 Å². The summed E-state index contributed by atoms with van der Waals surface area (Å²) in [6.07, 6.45) is 4.60. The molecule has 4 aromatic rings. The van der Waals surface area contributed by atoms with Crippen LogP contribution in [0.25, 0.3) is 33.4 Å². The molecule has 1 aliphatic heterocycles. The molecule has 1 unspecified atom stereocenters. The molecule has 1 N–H and O–H groups in total. The summed E-state index contributed by atoms with van der Waals surface area (Å²) < 4.78 is 37.0. The third-order valence-electron chi connectivity index (χ3n) is 9.94. The first-order valence-corrected chi connectivity index (χ1v) is 19.5. The van der Waals surface area contributed by atoms with Gasteiger partial charge in [0.15, 0.2) is 0 Å². The van der Waals surface area contributed by atoms with Crippen molar-refractivity contribution in [3.63, 3.8) is 0 Å². The SMILES string of the molecule is CCCCC(CC)CS(=O)(=O)Nc1ccccc1-c1c2ccc(=Nc3c(C)cccc3C)cc-2oc2cc(Cc3c(C)cccc3C)ccc12. The van der Waals surface area contributed by atoms with Crippen LogP contribution in [0.3, 0.4) is 0 Å². The van der Waals surface area contributed by atoms with Gasteiger partial charge in [-0.25, -0.2) is 13.4 Å². The van der Waals surface area contributed by atoms with Gasteiger partial charge in [0.05, 0.1) is 22.5 Å². The van der Waals surface area contributed by atoms with Crippen molar-refractivity contribution >= 4 is 32.4 Å². The van der Waals surface area contributed by atoms with Crippen molar-refractivity contribution < 1.29 is 12.8 Å². The maximum atomic E-state index is 13.6. The first-order chi connectivity index (χ1) is 24.1. The molecule has 0 aromatic heterocycles. The van der Waals surface area contributed by atoms with Crippen LogP contribution < -0.4 is 10.1 Å². The highest BCUT2D eigenvalue weighted by atomic mass is 32.2. The number of para-hydroxylation sites is 2. The van der Waals surface area contributed by atoms with Crippen molar-refractivity contribution in [3.05, 3.63) is 136 Å². The van der Waals surface area contributed by atoms with Gasteiger partial charge in [-0.3, -0.25) is 4.72 Å². The average Bonchev–Trinajstić information content (AvgIpc) is 3.09. The largest absolute Gasteiger partial charge is 0.456 e. The maximum absolute atomic E-state index is 13.6. The summed E-state index contributed by atoms with van der Waals surface area (Å²) in [6.45, 7) is 12.7. The summed E-state index contributed by atoms with van der Waals surface area (Å²) in [5, 5.41) is 1.71. The maximum Gasteiger partial charge on any atom is 0.233 e. The van der Waals surface area contributed by atoms with E-state index in [1.54, 1.807) is 0 Å². The molecule has 1 heterocycles. The van der Waals surface area contributed by atoms with E-state index in [2.05, 4.69) is 94.8 Å². The molecule has 0 spiro atoms. The van der Waals surface area contributed by atoms with Crippen molar-refractivity contribution in [2.45, 2.75) is 73.6 Å². The Morgan fingerprint density at radius 1 is 0.760 bits per heavy atom. The molecule has 1 aliphatic carbocycles. The minimum atomic E-state index is -3.60. The Labute approximate surface area is 297 Å². The smallest absolute Gasteiger partial charge is 0.233 e. The van der Waals surface area contributed by atoms with E-state index in [0.29, 0.717) is 11.4 Å². The molecular weight excluding hydrogens is 637 g/mol. The number of benzene rings is 5. The molecule has 0 amide bonds. The second-order valence-corrected chi connectivity index (χ2v) is 15.5. The zero-order valence-electron chi connectivity index (χ0n) is 30.1. The summed E-state index contributed by atoms with van der Waals surface area (Å²) in [6, 6.07) is 32.8. The van der Waals surface area contributed by atoms with Gasteiger partial charge in [-0.2, -0.15) is 0 Å². The lowest BCUT2D eigenvalue weighted by molar-refractivity contribution is 0.485. The fraction of sp³-hybridized carbons (Fsp3) is 0.295. The van der Waals surface area contributed by atoms with Crippen LogP contribution in [0.4, 0.5) is 11.4 Å². The minimum Gasteiger partial charge on any atom is -0.456 e. The Bertz CT molecular complexity index is 2260. The van der Waals surface area contributed by atoms with E-state index in [1.807, 2.05) is 48.5 Å². The fourth-order valence-corrected chi connectivity index (χ4v) is 8.66. The van der Waals surface area contributed by atoms with Gasteiger partial charge in [0.1, 0.15) is 11.3 Å². The zero-order chi connectivity index (χ0) is 35.4. The Morgan fingerprint density at radius 2 is 1.46 bits per heavy atom. The molecule has 5 nitrogen and oxygen atoms in total. The van der Waals surface area contributed by atoms with Crippen LogP contribution in [-0.4, -0.2) is 14.2 Å². The summed E-state index contributed by atoms with van der Waals surface area (Å²) in [4.78, 5) is 5.04. The number of hydrogen-bond donors (Lipinski definition) is 1. The lowest BCUT2D eigenvalue weighted by atomic mass is 9.91. The molecule has 6 rings (SSSR count). The lowest BCUT2D eigenvalue weighted by Crippen LogP contribution is -2.23. The first kappa shape index (κ1) is 35.2. The molecule has 6 heteroatoms. The van der Waals surface area contributed by atoms with Crippen LogP contribution in [0.1, 0.15) is 72.9 Å². The highest BCUT2D eigenvalue weighted by molar-refractivity contribution is 7.92. The van der Waals surface area contributed by atoms with Crippen LogP contribution in [0.5, 0.6) is 0 Å². The molecule has 0 saturated heterocycles. The van der Waals surface area contributed by atoms with Crippen LogP contribution in [0.2, 0.25) is 0 Å². The van der Waals surface area contributed by atoms with Crippen LogP contribution in [0, 0.1) is 33.6 Å². The lowest BCUT2D eigenvalue weighted by Gasteiger charge is -2.20. The highest BCUT2D eigenvalue weighted by Gasteiger charge is 2.23. The van der Waals surface area contributed by atoms with E-state index in [0.717, 1.165) is 87.5 Å². The van der Waals surface area contributed by atoms with Gasteiger partial charge >= 0.3 is 0 Å². The number of aryl methyl sites for hydroxylation is 4. The van der Waals surface area contributed by atoms with E-state index < -0.39 is 10.0 Å². The Balaban J connectivity index is 1.53. The topological polar surface area (TPSA) is 71.7 Å². The average molecular weight is 685 g/mol. The molecule has 2 aliphatic rings. The monoisotopic (exact) mass is 684 g/mol. The number of nitrogens with one attached hydrogen (secondary N) is 1. The highest BCUT2D eigenvalue weighted by Crippen LogP contribution is 2.43. The predicted octanol–water partition coefficient (Wildman–Crippen LogP) is 11.2. The second kappa shape index (κ2) is 15.1. The number of sulfonamides is 1. The molecule has 258 valence electrons. The summed E-state index contributed by atoms with van der Waals surface area (Å²) in [5.74, 6) is 0.910. The van der Waals surface area contributed by atoms with E-state index in [4.69, 9.17) is 9.41 Å². The number of hydrogen-bond acceptors (Lipinski definition) is 4. The van der Waals surface area contributed by atoms with Crippen molar-refractivity contribution in [3.8, 4) is 22.5 Å². The van der Waals surface area contributed by atoms with Gasteiger partial charge in [0, 0.05) is 28.1 Å². The quantitative estimate of drug-likeness (QED) is 0.130. The normalized spacial score (nSPS) is 12.9. The summed E-state index contributed by atoms with van der Waals surface area (Å²) >= 11 is 0. The second-order valence-electron chi connectivity index (χ2n) is 13.7. The molecule has 0 fully saturated rings. The Morgan fingerprint density at radius 3 is 2.16 bits per heavy atom. The van der Waals surface area contributed by atoms with Crippen molar-refractivity contribution in [2.24, 2.45) is 10.9 Å². The van der Waals surface area contributed by atoms with Crippen molar-refractivity contribution in [1.82, 2.24) is 0 Å². The number of fused-ring (bicyclic) bond motifs is 2. The van der Waals surface area contributed by atoms with E-state index in [9.17, 15) is 8.42 Å². The van der Waals surface area contributed by atoms with Gasteiger partial charge in [0.2, 0.25) is 10.0 Å². The third kappa shape index (κ3) is 7.71. The first-order valence-electron chi connectivity index (χ1n) is 17.8. The number of nitrogens with zero attached hydrogens (tertiary/aromatic N) is 1. The van der Waals surface area contributed by atoms with Crippen molar-refractivity contribution in [1.29, 1.82) is 0 Å². The van der Waals surface area contributed by atoms with E-state index >= 15 is 0 Å². The summed E-state index contributed by atoms with van der Waals surface area (Å²) in [7, 11) is -3.60. The summed E-state index contributed by atoms with van der Waals surface area (Å²) in [5.41, 5.74) is 12.1. The predicted molar refractivity (Wildman–Crippen MR) is 209 cm³/mol. The molecule has 50 heavy (non-hydrogen) atoms. The molecule has 0 saturated carbocycles. The zero-order valence-corrected chi connectivity index (χ0v) is 31.0. The fourth-order valence-electron chi connectivity index (χ4n) is 7.04. The van der Waals surface area contributed by atoms with Gasteiger partial charge in [-0.15, -0.1) is 0 Å². The Kier molecular flexibility index (Phi) is 10.6. The van der Waals surface area contributed by atoms with Crippen LogP contribution in [0.15, 0.2) is 106 Å².